The first-order valence-electron chi connectivity index (χ1n) is 9.92. The van der Waals surface area contributed by atoms with Crippen LogP contribution < -0.4 is 0 Å². The Morgan fingerprint density at radius 1 is 0.500 bits per heavy atom. The Hall–Kier alpha value is -3.98. The van der Waals surface area contributed by atoms with Gasteiger partial charge in [0.15, 0.2) is 11.6 Å². The number of nitrogens with one attached hydrogen (secondary N) is 1. The molecule has 1 N–H and O–H groups in total. The van der Waals surface area contributed by atoms with Crippen LogP contribution in [0.4, 0.5) is 0 Å². The predicted molar refractivity (Wildman–Crippen MR) is 120 cm³/mol. The summed E-state index contributed by atoms with van der Waals surface area (Å²) < 4.78 is 0. The second-order valence-electron chi connectivity index (χ2n) is 7.33. The number of aromatic amines is 1. The van der Waals surface area contributed by atoms with E-state index >= 15 is 0 Å². The van der Waals surface area contributed by atoms with Crippen LogP contribution in [0.2, 0.25) is 0 Å². The van der Waals surface area contributed by atoms with Crippen molar-refractivity contribution in [1.82, 2.24) is 4.98 Å². The van der Waals surface area contributed by atoms with Crippen molar-refractivity contribution in [2.24, 2.45) is 0 Å². The molecule has 5 aromatic rings. The van der Waals surface area contributed by atoms with Gasteiger partial charge in [0, 0.05) is 32.9 Å². The molecule has 1 aliphatic carbocycles. The molecule has 0 aliphatic heterocycles. The lowest BCUT2D eigenvalue weighted by atomic mass is 9.94. The second-order valence-corrected chi connectivity index (χ2v) is 7.33. The summed E-state index contributed by atoms with van der Waals surface area (Å²) in [7, 11) is 0. The van der Waals surface area contributed by atoms with E-state index in [1.807, 2.05) is 30.3 Å². The zero-order chi connectivity index (χ0) is 20.5. The van der Waals surface area contributed by atoms with Crippen LogP contribution in [0.3, 0.4) is 0 Å². The number of H-pyrrole nitrogens is 1. The Labute approximate surface area is 174 Å². The van der Waals surface area contributed by atoms with Crippen molar-refractivity contribution >= 4 is 33.4 Å². The Bertz CT molecular complexity index is 1300. The highest BCUT2D eigenvalue weighted by Crippen LogP contribution is 2.33. The van der Waals surface area contributed by atoms with Crippen LogP contribution in [0.5, 0.6) is 0 Å². The van der Waals surface area contributed by atoms with E-state index in [9.17, 15) is 9.59 Å². The molecule has 0 amide bonds. The number of Topliss-reactive ketones (excluding diaryl/α,β-unsaturated/α-hetero) is 2. The number of carbonyl (C=O) groups is 2. The molecular formula is C27H19NO2. The third-order valence-corrected chi connectivity index (χ3v) is 5.53. The molecule has 0 fully saturated rings. The minimum Gasteiger partial charge on any atom is -0.355 e. The largest absolute Gasteiger partial charge is 0.355 e. The summed E-state index contributed by atoms with van der Waals surface area (Å²) in [6.07, 6.45) is 0. The first-order valence-corrected chi connectivity index (χ1v) is 9.92. The fourth-order valence-electron chi connectivity index (χ4n) is 4.09. The number of carbonyl (C=O) groups excluding carboxylic acids is 2. The van der Waals surface area contributed by atoms with Gasteiger partial charge in [-0.15, -0.1) is 0 Å². The second kappa shape index (κ2) is 7.45. The highest BCUT2D eigenvalue weighted by molar-refractivity contribution is 6.29. The maximum Gasteiger partial charge on any atom is 0.178 e. The molecule has 0 atom stereocenters. The SMILES string of the molecule is O=C1c2ccccc2C(=O)C1c1ccccc1.c1ccc2c(c1)[nH]c1ccccc12. The summed E-state index contributed by atoms with van der Waals surface area (Å²) in [4.78, 5) is 27.8. The van der Waals surface area contributed by atoms with Gasteiger partial charge in [0.2, 0.25) is 0 Å². The first-order chi connectivity index (χ1) is 14.7. The van der Waals surface area contributed by atoms with Gasteiger partial charge in [-0.3, -0.25) is 9.59 Å². The Kier molecular flexibility index (Phi) is 4.49. The predicted octanol–water partition coefficient (Wildman–Crippen LogP) is 6.17. The van der Waals surface area contributed by atoms with Crippen molar-refractivity contribution in [3.8, 4) is 0 Å². The summed E-state index contributed by atoms with van der Waals surface area (Å²) in [6.45, 7) is 0. The van der Waals surface area contributed by atoms with Crippen molar-refractivity contribution < 1.29 is 9.59 Å². The maximum atomic E-state index is 12.2. The van der Waals surface area contributed by atoms with Gasteiger partial charge < -0.3 is 4.98 Å². The number of benzene rings is 4. The summed E-state index contributed by atoms with van der Waals surface area (Å²) in [5, 5.41) is 2.61. The minimum atomic E-state index is -0.645. The van der Waals surface area contributed by atoms with Gasteiger partial charge in [-0.1, -0.05) is 91.0 Å². The van der Waals surface area contributed by atoms with Crippen LogP contribution in [-0.2, 0) is 0 Å². The number of para-hydroxylation sites is 2. The Morgan fingerprint density at radius 2 is 0.933 bits per heavy atom. The summed E-state index contributed by atoms with van der Waals surface area (Å²) in [5.74, 6) is -0.817. The zero-order valence-corrected chi connectivity index (χ0v) is 16.2. The van der Waals surface area contributed by atoms with Gasteiger partial charge in [0.25, 0.3) is 0 Å². The normalized spacial score (nSPS) is 13.3. The van der Waals surface area contributed by atoms with Crippen molar-refractivity contribution in [3.05, 3.63) is 120 Å². The number of fused-ring (bicyclic) bond motifs is 4. The molecule has 1 heterocycles. The summed E-state index contributed by atoms with van der Waals surface area (Å²) >= 11 is 0. The van der Waals surface area contributed by atoms with Crippen LogP contribution in [0.1, 0.15) is 32.2 Å². The molecule has 4 aromatic carbocycles. The number of hydrogen-bond donors (Lipinski definition) is 1. The molecule has 0 saturated carbocycles. The van der Waals surface area contributed by atoms with Crippen LogP contribution in [0.25, 0.3) is 21.8 Å². The summed E-state index contributed by atoms with van der Waals surface area (Å²) in [6, 6.07) is 33.0. The van der Waals surface area contributed by atoms with E-state index in [-0.39, 0.29) is 11.6 Å². The Morgan fingerprint density at radius 3 is 1.47 bits per heavy atom. The van der Waals surface area contributed by atoms with E-state index in [0.717, 1.165) is 5.56 Å². The number of hydrogen-bond acceptors (Lipinski definition) is 2. The molecule has 1 aromatic heterocycles. The lowest BCUT2D eigenvalue weighted by molar-refractivity contribution is 0.0890. The minimum absolute atomic E-state index is 0.0863. The molecule has 0 bridgehead atoms. The number of ketones is 2. The molecule has 6 rings (SSSR count). The van der Waals surface area contributed by atoms with Crippen LogP contribution in [0.15, 0.2) is 103 Å². The average Bonchev–Trinajstić information content (AvgIpc) is 3.30. The first kappa shape index (κ1) is 18.1. The highest BCUT2D eigenvalue weighted by Gasteiger charge is 2.38. The lowest BCUT2D eigenvalue weighted by Gasteiger charge is -2.05. The molecule has 0 radical (unpaired) electrons. The van der Waals surface area contributed by atoms with E-state index in [1.54, 1.807) is 24.3 Å². The van der Waals surface area contributed by atoms with E-state index in [4.69, 9.17) is 0 Å². The van der Waals surface area contributed by atoms with Gasteiger partial charge in [-0.25, -0.2) is 0 Å². The monoisotopic (exact) mass is 389 g/mol. The number of aromatic nitrogens is 1. The average molecular weight is 389 g/mol. The smallest absolute Gasteiger partial charge is 0.178 e. The fraction of sp³-hybridized carbons (Fsp3) is 0.0370. The van der Waals surface area contributed by atoms with Crippen LogP contribution in [0, 0.1) is 0 Å². The van der Waals surface area contributed by atoms with E-state index in [2.05, 4.69) is 53.5 Å². The zero-order valence-electron chi connectivity index (χ0n) is 16.2. The van der Waals surface area contributed by atoms with Gasteiger partial charge in [0.05, 0.1) is 0 Å². The fourth-order valence-corrected chi connectivity index (χ4v) is 4.09. The van der Waals surface area contributed by atoms with Gasteiger partial charge in [-0.05, 0) is 17.7 Å². The van der Waals surface area contributed by atoms with Crippen molar-refractivity contribution in [3.63, 3.8) is 0 Å². The maximum absolute atomic E-state index is 12.2. The third-order valence-electron chi connectivity index (χ3n) is 5.53. The molecular weight excluding hydrogens is 370 g/mol. The molecule has 3 nitrogen and oxygen atoms in total. The molecule has 0 saturated heterocycles. The topological polar surface area (TPSA) is 49.9 Å². The number of rotatable bonds is 1. The van der Waals surface area contributed by atoms with Crippen LogP contribution >= 0.6 is 0 Å². The van der Waals surface area contributed by atoms with Crippen molar-refractivity contribution in [2.75, 3.05) is 0 Å². The van der Waals surface area contributed by atoms with Crippen molar-refractivity contribution in [2.45, 2.75) is 5.92 Å². The summed E-state index contributed by atoms with van der Waals surface area (Å²) in [5.41, 5.74) is 4.30. The van der Waals surface area contributed by atoms with Gasteiger partial charge >= 0.3 is 0 Å². The van der Waals surface area contributed by atoms with E-state index in [0.29, 0.717) is 11.1 Å². The third kappa shape index (κ3) is 3.01. The molecule has 3 heteroatoms. The van der Waals surface area contributed by atoms with E-state index < -0.39 is 5.92 Å². The molecule has 144 valence electrons. The highest BCUT2D eigenvalue weighted by atomic mass is 16.2. The van der Waals surface area contributed by atoms with Crippen molar-refractivity contribution in [1.29, 1.82) is 0 Å². The van der Waals surface area contributed by atoms with Gasteiger partial charge in [0.1, 0.15) is 5.92 Å². The van der Waals surface area contributed by atoms with Crippen LogP contribution in [-0.4, -0.2) is 16.6 Å². The Balaban J connectivity index is 0.000000133. The van der Waals surface area contributed by atoms with Gasteiger partial charge in [-0.2, -0.15) is 0 Å². The molecule has 0 unspecified atom stereocenters. The molecule has 30 heavy (non-hydrogen) atoms. The quantitative estimate of drug-likeness (QED) is 0.349. The molecule has 1 aliphatic rings. The molecule has 0 spiro atoms. The lowest BCUT2D eigenvalue weighted by Crippen LogP contribution is -2.12. The standard InChI is InChI=1S/C15H10O2.C12H9N/c16-14-11-8-4-5-9-12(11)15(17)13(14)10-6-2-1-3-7-10;1-3-7-11-9(5-1)10-6-2-4-8-12(10)13-11/h1-9,13H;1-8,13H. The van der Waals surface area contributed by atoms with E-state index in [1.165, 1.54) is 21.8 Å².